The van der Waals surface area contributed by atoms with Crippen molar-refractivity contribution in [2.45, 2.75) is 19.1 Å². The van der Waals surface area contributed by atoms with E-state index in [1.54, 1.807) is 12.1 Å². The summed E-state index contributed by atoms with van der Waals surface area (Å²) in [5, 5.41) is 12.8. The highest BCUT2D eigenvalue weighted by Crippen LogP contribution is 2.49. The molecular formula is C26H24FN4O3P. The predicted octanol–water partition coefficient (Wildman–Crippen LogP) is 5.11. The first kappa shape index (κ1) is 24.5. The molecule has 0 saturated heterocycles. The van der Waals surface area contributed by atoms with Gasteiger partial charge in [0.1, 0.15) is 5.82 Å². The van der Waals surface area contributed by atoms with Gasteiger partial charge in [0.15, 0.2) is 0 Å². The molecule has 9 heteroatoms. The second kappa shape index (κ2) is 11.2. The Morgan fingerprint density at radius 1 is 0.943 bits per heavy atom. The summed E-state index contributed by atoms with van der Waals surface area (Å²) in [4.78, 5) is 1.52. The van der Waals surface area contributed by atoms with Gasteiger partial charge in [0.25, 0.3) is 0 Å². The van der Waals surface area contributed by atoms with E-state index in [2.05, 4.69) is 27.3 Å². The number of aromatic nitrogens is 4. The van der Waals surface area contributed by atoms with E-state index in [1.807, 2.05) is 48.5 Å². The Hall–Kier alpha value is -3.63. The normalized spacial score (nSPS) is 11.2. The minimum atomic E-state index is -3.11. The van der Waals surface area contributed by atoms with Crippen LogP contribution in [-0.2, 0) is 32.7 Å². The van der Waals surface area contributed by atoms with Crippen LogP contribution in [0.1, 0.15) is 22.3 Å². The van der Waals surface area contributed by atoms with Gasteiger partial charge in [0.2, 0.25) is 5.82 Å². The molecule has 0 fully saturated rings. The summed E-state index contributed by atoms with van der Waals surface area (Å²) in [6, 6.07) is 21.6. The van der Waals surface area contributed by atoms with Gasteiger partial charge in [-0.1, -0.05) is 60.4 Å². The van der Waals surface area contributed by atoms with Crippen LogP contribution >= 0.6 is 7.60 Å². The molecule has 7 nitrogen and oxygen atoms in total. The highest BCUT2D eigenvalue weighted by atomic mass is 31.2. The van der Waals surface area contributed by atoms with Crippen molar-refractivity contribution in [3.05, 3.63) is 101 Å². The van der Waals surface area contributed by atoms with Crippen molar-refractivity contribution in [2.75, 3.05) is 14.2 Å². The zero-order chi connectivity index (χ0) is 24.7. The van der Waals surface area contributed by atoms with Gasteiger partial charge in [-0.15, -0.1) is 10.2 Å². The molecule has 0 saturated carbocycles. The monoisotopic (exact) mass is 490 g/mol. The average molecular weight is 490 g/mol. The molecule has 0 atom stereocenters. The van der Waals surface area contributed by atoms with Gasteiger partial charge in [-0.3, -0.25) is 4.57 Å². The lowest BCUT2D eigenvalue weighted by atomic mass is 10.1. The summed E-state index contributed by atoms with van der Waals surface area (Å²) >= 11 is 0. The Bertz CT molecular complexity index is 1380. The number of tetrazole rings is 1. The summed E-state index contributed by atoms with van der Waals surface area (Å²) in [6.45, 7) is 0.441. The number of rotatable bonds is 8. The van der Waals surface area contributed by atoms with Crippen LogP contribution in [0.5, 0.6) is 0 Å². The molecule has 0 N–H and O–H groups in total. The molecule has 0 spiro atoms. The fourth-order valence-electron chi connectivity index (χ4n) is 3.35. The summed E-state index contributed by atoms with van der Waals surface area (Å²) in [6.07, 6.45) is 0.737. The Balaban J connectivity index is 1.40. The van der Waals surface area contributed by atoms with Crippen molar-refractivity contribution in [3.8, 4) is 23.2 Å². The molecule has 35 heavy (non-hydrogen) atoms. The second-order valence-corrected chi connectivity index (χ2v) is 10.0. The van der Waals surface area contributed by atoms with Crippen LogP contribution in [0.2, 0.25) is 0 Å². The maximum Gasteiger partial charge on any atom is 0.334 e. The molecule has 4 aromatic rings. The largest absolute Gasteiger partial charge is 0.334 e. The van der Waals surface area contributed by atoms with E-state index in [1.165, 1.54) is 31.1 Å². The summed E-state index contributed by atoms with van der Waals surface area (Å²) < 4.78 is 35.3. The first-order valence-corrected chi connectivity index (χ1v) is 12.6. The third-order valence-electron chi connectivity index (χ3n) is 5.29. The van der Waals surface area contributed by atoms with Crippen LogP contribution in [0.3, 0.4) is 0 Å². The first-order chi connectivity index (χ1) is 17.0. The quantitative estimate of drug-likeness (QED) is 0.252. The maximum absolute atomic E-state index is 13.0. The molecule has 1 aromatic heterocycles. The molecule has 0 bridgehead atoms. The summed E-state index contributed by atoms with van der Waals surface area (Å²) in [5.74, 6) is 6.49. The van der Waals surface area contributed by atoms with Crippen molar-refractivity contribution in [3.63, 3.8) is 0 Å². The van der Waals surface area contributed by atoms with E-state index in [-0.39, 0.29) is 12.0 Å². The Labute approximate surface area is 203 Å². The lowest BCUT2D eigenvalue weighted by molar-refractivity contribution is 0.275. The van der Waals surface area contributed by atoms with E-state index in [4.69, 9.17) is 9.05 Å². The lowest BCUT2D eigenvalue weighted by Crippen LogP contribution is -2.04. The molecule has 0 radical (unpaired) electrons. The van der Waals surface area contributed by atoms with E-state index in [9.17, 15) is 8.96 Å². The van der Waals surface area contributed by atoms with Crippen molar-refractivity contribution < 1.29 is 18.0 Å². The zero-order valence-corrected chi connectivity index (χ0v) is 20.3. The highest BCUT2D eigenvalue weighted by molar-refractivity contribution is 7.52. The number of halogens is 1. The van der Waals surface area contributed by atoms with Crippen molar-refractivity contribution in [1.29, 1.82) is 0 Å². The van der Waals surface area contributed by atoms with Crippen molar-refractivity contribution >= 4 is 7.60 Å². The second-order valence-electron chi connectivity index (χ2n) is 7.78. The van der Waals surface area contributed by atoms with E-state index in [0.717, 1.165) is 27.8 Å². The summed E-state index contributed by atoms with van der Waals surface area (Å²) in [7, 11) is -0.352. The van der Waals surface area contributed by atoms with Gasteiger partial charge in [-0.25, -0.2) is 4.39 Å². The molecule has 0 aliphatic rings. The minimum Gasteiger partial charge on any atom is -0.312 e. The molecule has 3 aromatic carbocycles. The van der Waals surface area contributed by atoms with E-state index in [0.29, 0.717) is 18.8 Å². The van der Waals surface area contributed by atoms with Gasteiger partial charge in [-0.05, 0) is 46.2 Å². The standard InChI is InChI=1S/C26H24FN4O3P/c1-33-35(32,34-2)19-23-11-9-22(10-12-23)18-31-29-26(28-30-31)24-8-4-7-21(17-24)6-3-5-20-13-15-25(27)16-14-20/h4,7-17H,5,18-19H2,1-2H3. The predicted molar refractivity (Wildman–Crippen MR) is 131 cm³/mol. The van der Waals surface area contributed by atoms with Crippen LogP contribution < -0.4 is 0 Å². The van der Waals surface area contributed by atoms with Crippen molar-refractivity contribution in [1.82, 2.24) is 20.2 Å². The SMILES string of the molecule is COP(=O)(Cc1ccc(Cn2nnc(-c3cccc(C#CCc4ccc(F)cc4)c3)n2)cc1)OC. The molecule has 0 amide bonds. The maximum atomic E-state index is 13.0. The van der Waals surface area contributed by atoms with Crippen molar-refractivity contribution in [2.24, 2.45) is 0 Å². The molecule has 0 unspecified atom stereocenters. The number of nitrogens with zero attached hydrogens (tertiary/aromatic N) is 4. The average Bonchev–Trinajstić information content (AvgIpc) is 3.35. The van der Waals surface area contributed by atoms with Gasteiger partial charge in [0.05, 0.1) is 12.7 Å². The third kappa shape index (κ3) is 6.71. The number of benzene rings is 3. The number of hydrogen-bond acceptors (Lipinski definition) is 6. The Morgan fingerprint density at radius 2 is 1.63 bits per heavy atom. The fourth-order valence-corrected chi connectivity index (χ4v) is 4.42. The lowest BCUT2D eigenvalue weighted by Gasteiger charge is -2.13. The van der Waals surface area contributed by atoms with Gasteiger partial charge in [-0.2, -0.15) is 4.80 Å². The smallest absolute Gasteiger partial charge is 0.312 e. The molecular weight excluding hydrogens is 466 g/mol. The van der Waals surface area contributed by atoms with Gasteiger partial charge >= 0.3 is 7.60 Å². The highest BCUT2D eigenvalue weighted by Gasteiger charge is 2.21. The first-order valence-electron chi connectivity index (χ1n) is 10.9. The topological polar surface area (TPSA) is 79.1 Å². The summed E-state index contributed by atoms with van der Waals surface area (Å²) in [5.41, 5.74) is 4.43. The zero-order valence-electron chi connectivity index (χ0n) is 19.4. The van der Waals surface area contributed by atoms with Crippen LogP contribution in [0, 0.1) is 17.7 Å². The Kier molecular flexibility index (Phi) is 7.84. The minimum absolute atomic E-state index is 0.204. The fraction of sp³-hybridized carbons (Fsp3) is 0.192. The van der Waals surface area contributed by atoms with Crippen LogP contribution in [-0.4, -0.2) is 34.4 Å². The van der Waals surface area contributed by atoms with E-state index >= 15 is 0 Å². The van der Waals surface area contributed by atoms with E-state index < -0.39 is 7.60 Å². The molecule has 0 aliphatic carbocycles. The van der Waals surface area contributed by atoms with Gasteiger partial charge in [0, 0.05) is 31.8 Å². The van der Waals surface area contributed by atoms with Crippen LogP contribution in [0.4, 0.5) is 4.39 Å². The van der Waals surface area contributed by atoms with Gasteiger partial charge < -0.3 is 9.05 Å². The molecule has 1 heterocycles. The Morgan fingerprint density at radius 3 is 2.34 bits per heavy atom. The van der Waals surface area contributed by atoms with Crippen LogP contribution in [0.15, 0.2) is 72.8 Å². The van der Waals surface area contributed by atoms with Crippen LogP contribution in [0.25, 0.3) is 11.4 Å². The third-order valence-corrected chi connectivity index (χ3v) is 7.16. The molecule has 4 rings (SSSR count). The molecule has 0 aliphatic heterocycles. The molecule has 178 valence electrons. The number of hydrogen-bond donors (Lipinski definition) is 0.